The first kappa shape index (κ1) is 12.9. The lowest BCUT2D eigenvalue weighted by atomic mass is 9.81. The van der Waals surface area contributed by atoms with E-state index in [9.17, 15) is 9.59 Å². The molecule has 4 heteroatoms. The second-order valence-corrected chi connectivity index (χ2v) is 6.39. The molecule has 1 saturated heterocycles. The fourth-order valence-corrected chi connectivity index (χ4v) is 3.76. The summed E-state index contributed by atoms with van der Waals surface area (Å²) in [4.78, 5) is 26.8. The third-order valence-electron chi connectivity index (χ3n) is 5.20. The molecule has 3 fully saturated rings. The Hall–Kier alpha value is -1.06. The topological polar surface area (TPSA) is 49.4 Å². The maximum absolute atomic E-state index is 12.7. The number of rotatable bonds is 2. The van der Waals surface area contributed by atoms with Crippen molar-refractivity contribution in [1.82, 2.24) is 10.2 Å². The molecule has 19 heavy (non-hydrogen) atoms. The van der Waals surface area contributed by atoms with E-state index in [0.29, 0.717) is 12.0 Å². The maximum atomic E-state index is 12.7. The molecule has 2 aliphatic carbocycles. The van der Waals surface area contributed by atoms with E-state index in [1.807, 2.05) is 11.8 Å². The smallest absolute Gasteiger partial charge is 0.246 e. The molecule has 3 rings (SSSR count). The molecule has 2 unspecified atom stereocenters. The molecule has 1 N–H and O–H groups in total. The summed E-state index contributed by atoms with van der Waals surface area (Å²) in [6.07, 6.45) is 9.17. The monoisotopic (exact) mass is 264 g/mol. The summed E-state index contributed by atoms with van der Waals surface area (Å²) in [6.45, 7) is 1.86. The molecule has 106 valence electrons. The van der Waals surface area contributed by atoms with Crippen molar-refractivity contribution < 1.29 is 9.59 Å². The predicted molar refractivity (Wildman–Crippen MR) is 72.5 cm³/mol. The van der Waals surface area contributed by atoms with Gasteiger partial charge in [-0.15, -0.1) is 0 Å². The fourth-order valence-electron chi connectivity index (χ4n) is 3.76. The van der Waals surface area contributed by atoms with E-state index in [2.05, 4.69) is 5.32 Å². The standard InChI is InChI=1S/C15H24N2O2/c1-10-14(18)16-13(11-6-3-2-4-7-11)15(19)17(10)12-8-5-9-12/h10-13H,2-9H2,1H3,(H,16,18). The van der Waals surface area contributed by atoms with Crippen LogP contribution >= 0.6 is 0 Å². The molecule has 0 radical (unpaired) electrons. The van der Waals surface area contributed by atoms with Gasteiger partial charge in [-0.05, 0) is 44.9 Å². The first-order chi connectivity index (χ1) is 9.18. The zero-order valence-electron chi connectivity index (χ0n) is 11.7. The van der Waals surface area contributed by atoms with Gasteiger partial charge < -0.3 is 10.2 Å². The van der Waals surface area contributed by atoms with Crippen molar-refractivity contribution in [3.8, 4) is 0 Å². The van der Waals surface area contributed by atoms with Crippen LogP contribution in [0, 0.1) is 5.92 Å². The van der Waals surface area contributed by atoms with Crippen molar-refractivity contribution in [2.75, 3.05) is 0 Å². The highest BCUT2D eigenvalue weighted by Crippen LogP contribution is 2.33. The molecule has 0 spiro atoms. The summed E-state index contributed by atoms with van der Waals surface area (Å²) in [5, 5.41) is 2.99. The van der Waals surface area contributed by atoms with Gasteiger partial charge in [-0.3, -0.25) is 9.59 Å². The number of hydrogen-bond acceptors (Lipinski definition) is 2. The van der Waals surface area contributed by atoms with E-state index in [1.54, 1.807) is 0 Å². The minimum absolute atomic E-state index is 0.0436. The molecular weight excluding hydrogens is 240 g/mol. The Balaban J connectivity index is 1.77. The van der Waals surface area contributed by atoms with E-state index in [-0.39, 0.29) is 23.9 Å². The Morgan fingerprint density at radius 3 is 2.26 bits per heavy atom. The van der Waals surface area contributed by atoms with Gasteiger partial charge in [0.2, 0.25) is 11.8 Å². The normalized spacial score (nSPS) is 34.1. The predicted octanol–water partition coefficient (Wildman–Crippen LogP) is 1.83. The number of hydrogen-bond donors (Lipinski definition) is 1. The van der Waals surface area contributed by atoms with Gasteiger partial charge >= 0.3 is 0 Å². The van der Waals surface area contributed by atoms with Gasteiger partial charge in [0.05, 0.1) is 0 Å². The van der Waals surface area contributed by atoms with Crippen LogP contribution in [0.15, 0.2) is 0 Å². The maximum Gasteiger partial charge on any atom is 0.246 e. The second kappa shape index (κ2) is 5.14. The largest absolute Gasteiger partial charge is 0.342 e. The highest BCUT2D eigenvalue weighted by Gasteiger charge is 2.45. The highest BCUT2D eigenvalue weighted by atomic mass is 16.2. The lowest BCUT2D eigenvalue weighted by Crippen LogP contribution is -2.67. The van der Waals surface area contributed by atoms with E-state index in [4.69, 9.17) is 0 Å². The van der Waals surface area contributed by atoms with Gasteiger partial charge in [0, 0.05) is 6.04 Å². The Kier molecular flexibility index (Phi) is 3.50. The Morgan fingerprint density at radius 1 is 1.00 bits per heavy atom. The molecule has 0 aromatic rings. The van der Waals surface area contributed by atoms with Crippen molar-refractivity contribution in [2.45, 2.75) is 76.4 Å². The van der Waals surface area contributed by atoms with Crippen LogP contribution in [0.4, 0.5) is 0 Å². The first-order valence-electron chi connectivity index (χ1n) is 7.81. The van der Waals surface area contributed by atoms with Crippen LogP contribution in [0.3, 0.4) is 0 Å². The molecule has 0 bridgehead atoms. The van der Waals surface area contributed by atoms with Crippen molar-refractivity contribution >= 4 is 11.8 Å². The lowest BCUT2D eigenvalue weighted by Gasteiger charge is -2.47. The second-order valence-electron chi connectivity index (χ2n) is 6.39. The number of carbonyl (C=O) groups excluding carboxylic acids is 2. The molecule has 3 aliphatic rings. The zero-order valence-corrected chi connectivity index (χ0v) is 11.7. The van der Waals surface area contributed by atoms with Gasteiger partial charge in [0.1, 0.15) is 12.1 Å². The van der Waals surface area contributed by atoms with Crippen LogP contribution in [0.25, 0.3) is 0 Å². The van der Waals surface area contributed by atoms with Crippen molar-refractivity contribution in [2.24, 2.45) is 5.92 Å². The summed E-state index contributed by atoms with van der Waals surface area (Å²) in [6, 6.07) is -0.207. The van der Waals surface area contributed by atoms with E-state index in [1.165, 1.54) is 25.7 Å². The highest BCUT2D eigenvalue weighted by molar-refractivity contribution is 5.97. The van der Waals surface area contributed by atoms with Crippen molar-refractivity contribution in [3.05, 3.63) is 0 Å². The van der Waals surface area contributed by atoms with Gasteiger partial charge in [-0.1, -0.05) is 19.3 Å². The van der Waals surface area contributed by atoms with Crippen LogP contribution < -0.4 is 5.32 Å². The van der Waals surface area contributed by atoms with Crippen LogP contribution in [-0.2, 0) is 9.59 Å². The summed E-state index contributed by atoms with van der Waals surface area (Å²) in [5.41, 5.74) is 0. The van der Waals surface area contributed by atoms with Crippen LogP contribution in [-0.4, -0.2) is 34.8 Å². The molecule has 0 aromatic heterocycles. The zero-order chi connectivity index (χ0) is 13.4. The average molecular weight is 264 g/mol. The fraction of sp³-hybridized carbons (Fsp3) is 0.867. The molecule has 1 aliphatic heterocycles. The molecule has 2 saturated carbocycles. The summed E-state index contributed by atoms with van der Waals surface area (Å²) < 4.78 is 0. The first-order valence-corrected chi connectivity index (χ1v) is 7.81. The Morgan fingerprint density at radius 2 is 1.68 bits per heavy atom. The molecule has 0 aromatic carbocycles. The van der Waals surface area contributed by atoms with E-state index in [0.717, 1.165) is 25.7 Å². The van der Waals surface area contributed by atoms with Gasteiger partial charge in [0.25, 0.3) is 0 Å². The van der Waals surface area contributed by atoms with Gasteiger partial charge in [-0.25, -0.2) is 0 Å². The van der Waals surface area contributed by atoms with Crippen LogP contribution in [0.5, 0.6) is 0 Å². The quantitative estimate of drug-likeness (QED) is 0.827. The lowest BCUT2D eigenvalue weighted by molar-refractivity contribution is -0.155. The average Bonchev–Trinajstić information content (AvgIpc) is 2.37. The summed E-state index contributed by atoms with van der Waals surface area (Å²) in [5.74, 6) is 0.589. The molecular formula is C15H24N2O2. The third-order valence-corrected chi connectivity index (χ3v) is 5.20. The van der Waals surface area contributed by atoms with Gasteiger partial charge in [0.15, 0.2) is 0 Å². The SMILES string of the molecule is CC1C(=O)NC(C2CCCCC2)C(=O)N1C1CCC1. The van der Waals surface area contributed by atoms with E-state index < -0.39 is 0 Å². The van der Waals surface area contributed by atoms with Gasteiger partial charge in [-0.2, -0.15) is 0 Å². The minimum atomic E-state index is -0.280. The minimum Gasteiger partial charge on any atom is -0.342 e. The van der Waals surface area contributed by atoms with E-state index >= 15 is 0 Å². The molecule has 1 heterocycles. The number of amides is 2. The number of carbonyl (C=O) groups is 2. The van der Waals surface area contributed by atoms with Crippen LogP contribution in [0.2, 0.25) is 0 Å². The Labute approximate surface area is 114 Å². The third kappa shape index (κ3) is 2.26. The number of nitrogens with zero attached hydrogens (tertiary/aromatic N) is 1. The van der Waals surface area contributed by atoms with Crippen molar-refractivity contribution in [3.63, 3.8) is 0 Å². The number of piperazine rings is 1. The van der Waals surface area contributed by atoms with Crippen molar-refractivity contribution in [1.29, 1.82) is 0 Å². The summed E-state index contributed by atoms with van der Waals surface area (Å²) >= 11 is 0. The molecule has 2 atom stereocenters. The Bertz CT molecular complexity index is 372. The molecule has 4 nitrogen and oxygen atoms in total. The summed E-state index contributed by atoms with van der Waals surface area (Å²) in [7, 11) is 0. The van der Waals surface area contributed by atoms with Crippen LogP contribution in [0.1, 0.15) is 58.3 Å². The molecule has 2 amide bonds. The number of nitrogens with one attached hydrogen (secondary N) is 1.